The van der Waals surface area contributed by atoms with Gasteiger partial charge in [-0.05, 0) is 0 Å². The Hall–Kier alpha value is -1.13. The molecule has 0 bridgehead atoms. The molecule has 0 saturated carbocycles. The van der Waals surface area contributed by atoms with E-state index in [1.54, 1.807) is 12.1 Å². The van der Waals surface area contributed by atoms with Gasteiger partial charge in [0.1, 0.15) is 0 Å². The molecule has 0 aliphatic carbocycles. The van der Waals surface area contributed by atoms with Gasteiger partial charge in [-0.25, -0.2) is 0 Å². The van der Waals surface area contributed by atoms with Crippen LogP contribution in [0.15, 0.2) is 59.5 Å². The van der Waals surface area contributed by atoms with E-state index in [0.717, 1.165) is 12.0 Å². The van der Waals surface area contributed by atoms with Crippen LogP contribution in [0.25, 0.3) is 0 Å². The Morgan fingerprint density at radius 1 is 1.05 bits per heavy atom. The molecule has 0 amide bonds. The second kappa shape index (κ2) is 7.93. The summed E-state index contributed by atoms with van der Waals surface area (Å²) in [6, 6.07) is 17.2. The van der Waals surface area contributed by atoms with Crippen LogP contribution < -0.4 is 9.18 Å². The molecule has 1 N–H and O–H groups in total. The molecule has 0 aliphatic rings. The van der Waals surface area contributed by atoms with Crippen LogP contribution in [0.4, 0.5) is 0 Å². The molecule has 22 heavy (non-hydrogen) atoms. The van der Waals surface area contributed by atoms with Gasteiger partial charge >= 0.3 is 139 Å². The van der Waals surface area contributed by atoms with E-state index in [4.69, 9.17) is 0 Å². The van der Waals surface area contributed by atoms with Gasteiger partial charge in [0, 0.05) is 0 Å². The van der Waals surface area contributed by atoms with Crippen LogP contribution in [-0.4, -0.2) is 29.9 Å². The average molecular weight is 382 g/mol. The van der Waals surface area contributed by atoms with Crippen molar-refractivity contribution in [3.05, 3.63) is 60.2 Å². The minimum atomic E-state index is -3.41. The van der Waals surface area contributed by atoms with E-state index in [9.17, 15) is 8.42 Å². The molecule has 2 rings (SSSR count). The summed E-state index contributed by atoms with van der Waals surface area (Å²) in [5.74, 6) is 0. The molecule has 0 aliphatic heterocycles. The Balaban J connectivity index is 1.99. The van der Waals surface area contributed by atoms with Gasteiger partial charge in [-0.1, -0.05) is 0 Å². The third kappa shape index (κ3) is 4.96. The first-order valence-corrected chi connectivity index (χ1v) is 10.6. The molecule has 3 nitrogen and oxygen atoms in total. The molecule has 2 aromatic carbocycles. The zero-order valence-corrected chi connectivity index (χ0v) is 15.4. The van der Waals surface area contributed by atoms with E-state index in [0.29, 0.717) is 16.3 Å². The van der Waals surface area contributed by atoms with E-state index in [-0.39, 0.29) is 15.0 Å². The Morgan fingerprint density at radius 3 is 2.27 bits per heavy atom. The predicted molar refractivity (Wildman–Crippen MR) is 92.2 cm³/mol. The Kier molecular flexibility index (Phi) is 6.21. The molecule has 0 radical (unpaired) electrons. The summed E-state index contributed by atoms with van der Waals surface area (Å²) in [7, 11) is -3.41. The zero-order chi connectivity index (χ0) is 16.0. The fourth-order valence-electron chi connectivity index (χ4n) is 1.96. The van der Waals surface area contributed by atoms with E-state index in [1.165, 1.54) is 4.46 Å². The second-order valence-electron chi connectivity index (χ2n) is 5.13. The Bertz CT molecular complexity index is 684. The summed E-state index contributed by atoms with van der Waals surface area (Å²) >= 11 is 0.270. The standard InChI is InChI=1S/C17H21NO2SSe/c1-3-16(22-17-7-5-4-6-8-17)13-18-21(19,20)15-11-9-14(2)10-12-15/h4-12,16,18H,3,13H2,1-2H3. The van der Waals surface area contributed by atoms with Gasteiger partial charge in [0.25, 0.3) is 0 Å². The fraction of sp³-hybridized carbons (Fsp3) is 0.294. The zero-order valence-electron chi connectivity index (χ0n) is 12.8. The van der Waals surface area contributed by atoms with Gasteiger partial charge in [-0.15, -0.1) is 0 Å². The first kappa shape index (κ1) is 17.2. The summed E-state index contributed by atoms with van der Waals surface area (Å²) in [6.45, 7) is 4.54. The number of benzene rings is 2. The van der Waals surface area contributed by atoms with Crippen LogP contribution >= 0.6 is 0 Å². The number of nitrogens with one attached hydrogen (secondary N) is 1. The van der Waals surface area contributed by atoms with Crippen molar-refractivity contribution in [2.45, 2.75) is 30.0 Å². The molecule has 0 aromatic heterocycles. The first-order chi connectivity index (χ1) is 10.5. The number of hydrogen-bond donors (Lipinski definition) is 1. The van der Waals surface area contributed by atoms with Gasteiger partial charge in [0.15, 0.2) is 0 Å². The van der Waals surface area contributed by atoms with Crippen LogP contribution in [0, 0.1) is 6.92 Å². The summed E-state index contributed by atoms with van der Waals surface area (Å²) in [5, 5.41) is 0. The van der Waals surface area contributed by atoms with Crippen molar-refractivity contribution in [3.8, 4) is 0 Å². The quantitative estimate of drug-likeness (QED) is 0.748. The maximum absolute atomic E-state index is 12.3. The molecular formula is C17H21NO2SSe. The van der Waals surface area contributed by atoms with Crippen molar-refractivity contribution >= 4 is 29.4 Å². The third-order valence-corrected chi connectivity index (χ3v) is 7.66. The van der Waals surface area contributed by atoms with Crippen LogP contribution in [0.1, 0.15) is 18.9 Å². The topological polar surface area (TPSA) is 46.2 Å². The van der Waals surface area contributed by atoms with Crippen LogP contribution in [-0.2, 0) is 10.0 Å². The van der Waals surface area contributed by atoms with E-state index < -0.39 is 10.0 Å². The van der Waals surface area contributed by atoms with Gasteiger partial charge in [-0.2, -0.15) is 0 Å². The molecule has 1 unspecified atom stereocenters. The Morgan fingerprint density at radius 2 is 1.68 bits per heavy atom. The van der Waals surface area contributed by atoms with Crippen LogP contribution in [0.3, 0.4) is 0 Å². The molecule has 0 heterocycles. The van der Waals surface area contributed by atoms with Gasteiger partial charge in [-0.3, -0.25) is 0 Å². The number of aryl methyl sites for hydroxylation is 1. The number of rotatable bonds is 7. The summed E-state index contributed by atoms with van der Waals surface area (Å²) in [4.78, 5) is 0.690. The van der Waals surface area contributed by atoms with Gasteiger partial charge < -0.3 is 0 Å². The molecule has 2 aromatic rings. The predicted octanol–water partition coefficient (Wildman–Crippen LogP) is 2.50. The summed E-state index contributed by atoms with van der Waals surface area (Å²) in [5.41, 5.74) is 1.05. The first-order valence-electron chi connectivity index (χ1n) is 7.29. The summed E-state index contributed by atoms with van der Waals surface area (Å²) < 4.78 is 28.7. The van der Waals surface area contributed by atoms with Crippen molar-refractivity contribution in [1.82, 2.24) is 4.72 Å². The monoisotopic (exact) mass is 383 g/mol. The molecule has 0 saturated heterocycles. The number of hydrogen-bond acceptors (Lipinski definition) is 2. The van der Waals surface area contributed by atoms with E-state index >= 15 is 0 Å². The van der Waals surface area contributed by atoms with E-state index in [2.05, 4.69) is 23.8 Å². The molecule has 118 valence electrons. The molecule has 1 atom stereocenters. The molecule has 5 heteroatoms. The van der Waals surface area contributed by atoms with Crippen LogP contribution in [0.5, 0.6) is 0 Å². The Labute approximate surface area is 139 Å². The van der Waals surface area contributed by atoms with Gasteiger partial charge in [0.05, 0.1) is 0 Å². The average Bonchev–Trinajstić information content (AvgIpc) is 2.53. The molecular weight excluding hydrogens is 361 g/mol. The molecule has 0 fully saturated rings. The van der Waals surface area contributed by atoms with Crippen molar-refractivity contribution in [1.29, 1.82) is 0 Å². The minimum absolute atomic E-state index is 0.270. The van der Waals surface area contributed by atoms with Crippen molar-refractivity contribution in [3.63, 3.8) is 0 Å². The van der Waals surface area contributed by atoms with Crippen molar-refractivity contribution in [2.75, 3.05) is 6.54 Å². The summed E-state index contributed by atoms with van der Waals surface area (Å²) in [6.07, 6.45) is 0.964. The van der Waals surface area contributed by atoms with Gasteiger partial charge in [0.2, 0.25) is 0 Å². The molecule has 0 spiro atoms. The fourth-order valence-corrected chi connectivity index (χ4v) is 5.45. The number of sulfonamides is 1. The normalized spacial score (nSPS) is 13.0. The third-order valence-electron chi connectivity index (χ3n) is 3.33. The maximum atomic E-state index is 12.3. The van der Waals surface area contributed by atoms with Crippen LogP contribution in [0.2, 0.25) is 4.82 Å². The van der Waals surface area contributed by atoms with Crippen molar-refractivity contribution in [2.24, 2.45) is 0 Å². The second-order valence-corrected chi connectivity index (χ2v) is 9.78. The van der Waals surface area contributed by atoms with E-state index in [1.807, 2.05) is 37.3 Å². The van der Waals surface area contributed by atoms with Crippen molar-refractivity contribution < 1.29 is 8.42 Å². The SMILES string of the molecule is CCC(CNS(=O)(=O)c1ccc(C)cc1)[Se]c1ccccc1.